The Morgan fingerprint density at radius 2 is 1.82 bits per heavy atom. The SMILES string of the molecule is O=C1c2cc(S)c(C(F)(F)F)cc2CN1Cc1ccccc1. The van der Waals surface area contributed by atoms with E-state index in [2.05, 4.69) is 12.6 Å². The lowest BCUT2D eigenvalue weighted by molar-refractivity contribution is -0.139. The maximum Gasteiger partial charge on any atom is 0.417 e. The summed E-state index contributed by atoms with van der Waals surface area (Å²) in [5.41, 5.74) is 0.828. The van der Waals surface area contributed by atoms with E-state index in [4.69, 9.17) is 0 Å². The first-order valence-corrected chi connectivity index (χ1v) is 7.07. The number of hydrogen-bond acceptors (Lipinski definition) is 2. The Morgan fingerprint density at radius 1 is 1.14 bits per heavy atom. The third kappa shape index (κ3) is 2.70. The molecule has 0 spiro atoms. The molecule has 1 amide bonds. The van der Waals surface area contributed by atoms with Crippen LogP contribution in [0.15, 0.2) is 47.4 Å². The molecule has 2 nitrogen and oxygen atoms in total. The Kier molecular flexibility index (Phi) is 3.64. The highest BCUT2D eigenvalue weighted by Crippen LogP contribution is 2.37. The number of nitrogens with zero attached hydrogens (tertiary/aromatic N) is 1. The molecule has 0 unspecified atom stereocenters. The molecular formula is C16H12F3NOS. The van der Waals surface area contributed by atoms with Gasteiger partial charge in [0.05, 0.1) is 5.56 Å². The van der Waals surface area contributed by atoms with Gasteiger partial charge in [-0.3, -0.25) is 4.79 Å². The first-order chi connectivity index (χ1) is 10.4. The number of carbonyl (C=O) groups is 1. The van der Waals surface area contributed by atoms with E-state index in [1.165, 1.54) is 11.0 Å². The van der Waals surface area contributed by atoms with Crippen LogP contribution in [0.4, 0.5) is 13.2 Å². The topological polar surface area (TPSA) is 20.3 Å². The summed E-state index contributed by atoms with van der Waals surface area (Å²) in [5, 5.41) is 0. The maximum atomic E-state index is 12.9. The molecule has 114 valence electrons. The molecule has 1 aliphatic rings. The van der Waals surface area contributed by atoms with E-state index in [0.717, 1.165) is 11.6 Å². The predicted molar refractivity (Wildman–Crippen MR) is 78.7 cm³/mol. The largest absolute Gasteiger partial charge is 0.417 e. The van der Waals surface area contributed by atoms with Gasteiger partial charge in [0.1, 0.15) is 0 Å². The van der Waals surface area contributed by atoms with Crippen molar-refractivity contribution in [1.82, 2.24) is 4.90 Å². The number of benzene rings is 2. The van der Waals surface area contributed by atoms with Crippen molar-refractivity contribution < 1.29 is 18.0 Å². The second-order valence-corrected chi connectivity index (χ2v) is 5.65. The Bertz CT molecular complexity index is 728. The number of hydrogen-bond donors (Lipinski definition) is 1. The van der Waals surface area contributed by atoms with E-state index in [0.29, 0.717) is 17.7 Å². The molecule has 1 heterocycles. The van der Waals surface area contributed by atoms with E-state index in [1.807, 2.05) is 30.3 Å². The summed E-state index contributed by atoms with van der Waals surface area (Å²) in [6.07, 6.45) is -4.47. The quantitative estimate of drug-likeness (QED) is 0.823. The lowest BCUT2D eigenvalue weighted by Gasteiger charge is -2.15. The molecule has 22 heavy (non-hydrogen) atoms. The second-order valence-electron chi connectivity index (χ2n) is 5.17. The van der Waals surface area contributed by atoms with Crippen LogP contribution < -0.4 is 0 Å². The molecule has 0 fully saturated rings. The fourth-order valence-corrected chi connectivity index (χ4v) is 2.89. The van der Waals surface area contributed by atoms with Crippen LogP contribution in [0.3, 0.4) is 0 Å². The van der Waals surface area contributed by atoms with E-state index in [1.54, 1.807) is 0 Å². The van der Waals surface area contributed by atoms with Gasteiger partial charge in [0.15, 0.2) is 0 Å². The number of carbonyl (C=O) groups excluding carboxylic acids is 1. The van der Waals surface area contributed by atoms with Crippen LogP contribution in [0.5, 0.6) is 0 Å². The van der Waals surface area contributed by atoms with Crippen molar-refractivity contribution >= 4 is 18.5 Å². The van der Waals surface area contributed by atoms with Crippen molar-refractivity contribution in [3.05, 3.63) is 64.7 Å². The van der Waals surface area contributed by atoms with Crippen LogP contribution in [0, 0.1) is 0 Å². The fourth-order valence-electron chi connectivity index (χ4n) is 2.57. The molecule has 0 aromatic heterocycles. The van der Waals surface area contributed by atoms with Crippen LogP contribution in [-0.4, -0.2) is 10.8 Å². The molecule has 0 saturated carbocycles. The maximum absolute atomic E-state index is 12.9. The highest BCUT2D eigenvalue weighted by molar-refractivity contribution is 7.80. The third-order valence-corrected chi connectivity index (χ3v) is 3.99. The van der Waals surface area contributed by atoms with Crippen molar-refractivity contribution in [2.45, 2.75) is 24.2 Å². The molecule has 3 rings (SSSR count). The zero-order chi connectivity index (χ0) is 15.9. The smallest absolute Gasteiger partial charge is 0.330 e. The summed E-state index contributed by atoms with van der Waals surface area (Å²) >= 11 is 3.87. The van der Waals surface area contributed by atoms with Crippen LogP contribution in [0.25, 0.3) is 0 Å². The minimum atomic E-state index is -4.47. The Morgan fingerprint density at radius 3 is 2.45 bits per heavy atom. The molecule has 1 aliphatic heterocycles. The first-order valence-electron chi connectivity index (χ1n) is 6.62. The van der Waals surface area contributed by atoms with E-state index in [-0.39, 0.29) is 17.3 Å². The summed E-state index contributed by atoms with van der Waals surface area (Å²) in [7, 11) is 0. The van der Waals surface area contributed by atoms with Crippen LogP contribution in [-0.2, 0) is 19.3 Å². The van der Waals surface area contributed by atoms with Crippen molar-refractivity contribution in [1.29, 1.82) is 0 Å². The van der Waals surface area contributed by atoms with Crippen LogP contribution in [0.2, 0.25) is 0 Å². The zero-order valence-electron chi connectivity index (χ0n) is 11.4. The molecule has 2 aromatic rings. The van der Waals surface area contributed by atoms with Gasteiger partial charge in [-0.1, -0.05) is 30.3 Å². The van der Waals surface area contributed by atoms with E-state index >= 15 is 0 Å². The number of thiol groups is 1. The van der Waals surface area contributed by atoms with Crippen molar-refractivity contribution in [3.63, 3.8) is 0 Å². The van der Waals surface area contributed by atoms with Crippen LogP contribution >= 0.6 is 12.6 Å². The van der Waals surface area contributed by atoms with Gasteiger partial charge in [0.25, 0.3) is 5.91 Å². The number of alkyl halides is 3. The van der Waals surface area contributed by atoms with Crippen molar-refractivity contribution in [3.8, 4) is 0 Å². The fraction of sp³-hybridized carbons (Fsp3) is 0.188. The van der Waals surface area contributed by atoms with Gasteiger partial charge >= 0.3 is 6.18 Å². The van der Waals surface area contributed by atoms with Crippen molar-refractivity contribution in [2.24, 2.45) is 0 Å². The number of fused-ring (bicyclic) bond motifs is 1. The van der Waals surface area contributed by atoms with Gasteiger partial charge in [-0.2, -0.15) is 13.2 Å². The Labute approximate surface area is 131 Å². The van der Waals surface area contributed by atoms with Gasteiger partial charge in [-0.15, -0.1) is 12.6 Å². The minimum absolute atomic E-state index is 0.181. The highest BCUT2D eigenvalue weighted by Gasteiger charge is 2.36. The third-order valence-electron chi connectivity index (χ3n) is 3.62. The summed E-state index contributed by atoms with van der Waals surface area (Å²) in [4.78, 5) is 13.6. The average Bonchev–Trinajstić information content (AvgIpc) is 2.75. The minimum Gasteiger partial charge on any atom is -0.330 e. The van der Waals surface area contributed by atoms with Crippen molar-refractivity contribution in [2.75, 3.05) is 0 Å². The highest BCUT2D eigenvalue weighted by atomic mass is 32.1. The number of amides is 1. The van der Waals surface area contributed by atoms with E-state index < -0.39 is 11.7 Å². The Hall–Kier alpha value is -1.95. The molecule has 0 atom stereocenters. The number of halogens is 3. The zero-order valence-corrected chi connectivity index (χ0v) is 12.3. The molecule has 6 heteroatoms. The summed E-state index contributed by atoms with van der Waals surface area (Å²) in [6, 6.07) is 11.6. The molecule has 0 radical (unpaired) electrons. The van der Waals surface area contributed by atoms with Gasteiger partial charge in [0, 0.05) is 23.5 Å². The van der Waals surface area contributed by atoms with Crippen LogP contribution in [0.1, 0.15) is 27.0 Å². The summed E-state index contributed by atoms with van der Waals surface area (Å²) in [6.45, 7) is 0.553. The van der Waals surface area contributed by atoms with Gasteiger partial charge < -0.3 is 4.90 Å². The molecule has 0 aliphatic carbocycles. The van der Waals surface area contributed by atoms with E-state index in [9.17, 15) is 18.0 Å². The lowest BCUT2D eigenvalue weighted by atomic mass is 10.1. The number of rotatable bonds is 2. The molecule has 0 N–H and O–H groups in total. The monoisotopic (exact) mass is 323 g/mol. The summed E-state index contributed by atoms with van der Waals surface area (Å²) in [5.74, 6) is -0.261. The lowest BCUT2D eigenvalue weighted by Crippen LogP contribution is -2.23. The normalized spacial score (nSPS) is 14.4. The molecule has 0 bridgehead atoms. The first kappa shape index (κ1) is 15.0. The molecule has 2 aromatic carbocycles. The predicted octanol–water partition coefficient (Wildman–Crippen LogP) is 4.15. The molecular weight excluding hydrogens is 311 g/mol. The molecule has 0 saturated heterocycles. The Balaban J connectivity index is 1.91. The van der Waals surface area contributed by atoms with Gasteiger partial charge in [-0.05, 0) is 23.3 Å². The summed E-state index contributed by atoms with van der Waals surface area (Å²) < 4.78 is 38.7. The van der Waals surface area contributed by atoms with Gasteiger partial charge in [-0.25, -0.2) is 0 Å². The average molecular weight is 323 g/mol. The second kappa shape index (κ2) is 5.35. The van der Waals surface area contributed by atoms with Gasteiger partial charge in [0.2, 0.25) is 0 Å². The standard InChI is InChI=1S/C16H12F3NOS/c17-16(18,19)13-6-11-9-20(8-10-4-2-1-3-5-10)15(21)12(11)7-14(13)22/h1-7,22H,8-9H2.